The Labute approximate surface area is 176 Å². The van der Waals surface area contributed by atoms with Crippen molar-refractivity contribution in [1.29, 1.82) is 10.5 Å². The van der Waals surface area contributed by atoms with E-state index in [9.17, 15) is 27.6 Å². The molecule has 0 unspecified atom stereocenters. The maximum Gasteiger partial charge on any atom is 0.417 e. The Morgan fingerprint density at radius 2 is 1.71 bits per heavy atom. The molecule has 0 aromatic heterocycles. The van der Waals surface area contributed by atoms with Crippen LogP contribution in [0.2, 0.25) is 0 Å². The minimum absolute atomic E-state index is 0.0838. The van der Waals surface area contributed by atoms with Crippen LogP contribution in [0.15, 0.2) is 36.4 Å². The van der Waals surface area contributed by atoms with Crippen LogP contribution in [-0.4, -0.2) is 17.7 Å². The molecule has 0 heterocycles. The van der Waals surface area contributed by atoms with Crippen molar-refractivity contribution in [3.8, 4) is 23.3 Å². The van der Waals surface area contributed by atoms with Crippen LogP contribution in [0.25, 0.3) is 11.1 Å². The van der Waals surface area contributed by atoms with Crippen molar-refractivity contribution in [3.05, 3.63) is 58.9 Å². The minimum atomic E-state index is -4.73. The second-order valence-electron chi connectivity index (χ2n) is 7.71. The second-order valence-corrected chi connectivity index (χ2v) is 7.71. The average Bonchev–Trinajstić information content (AvgIpc) is 2.66. The van der Waals surface area contributed by atoms with Gasteiger partial charge < -0.3 is 10.1 Å². The summed E-state index contributed by atoms with van der Waals surface area (Å²) >= 11 is 0. The van der Waals surface area contributed by atoms with Gasteiger partial charge >= 0.3 is 12.3 Å². The fraction of sp³-hybridized carbons (Fsp3) is 0.318. The zero-order valence-corrected chi connectivity index (χ0v) is 17.0. The van der Waals surface area contributed by atoms with Crippen LogP contribution in [0, 0.1) is 28.5 Å². The monoisotopic (exact) mass is 433 g/mol. The summed E-state index contributed by atoms with van der Waals surface area (Å²) in [7, 11) is 0. The van der Waals surface area contributed by atoms with Gasteiger partial charge in [-0.2, -0.15) is 23.7 Å². The van der Waals surface area contributed by atoms with Crippen molar-refractivity contribution in [3.63, 3.8) is 0 Å². The lowest BCUT2D eigenvalue weighted by Gasteiger charge is -2.21. The number of alkyl halides is 3. The van der Waals surface area contributed by atoms with E-state index in [-0.39, 0.29) is 23.1 Å². The van der Waals surface area contributed by atoms with E-state index in [4.69, 9.17) is 10.00 Å². The Morgan fingerprint density at radius 1 is 1.10 bits per heavy atom. The standard InChI is InChI=1S/C22H19F4N3O2/c1-21(2,3)31-20(30)29-17(12-28)8-15-6-4-14(10-19(15)23)13-5-7-16(11-27)18(9-13)22(24,25)26/h4-7,9-10,17H,8H2,1-3H3,(H,29,30)/t17-/m0/s1. The third-order valence-corrected chi connectivity index (χ3v) is 4.10. The van der Waals surface area contributed by atoms with Crippen LogP contribution < -0.4 is 5.32 Å². The Hall–Kier alpha value is -3.59. The number of hydrogen-bond acceptors (Lipinski definition) is 4. The van der Waals surface area contributed by atoms with Crippen LogP contribution >= 0.6 is 0 Å². The number of benzene rings is 2. The van der Waals surface area contributed by atoms with E-state index in [1.807, 2.05) is 6.07 Å². The molecule has 1 amide bonds. The normalized spacial score (nSPS) is 12.4. The van der Waals surface area contributed by atoms with Crippen molar-refractivity contribution < 1.29 is 27.1 Å². The molecule has 162 valence electrons. The quantitative estimate of drug-likeness (QED) is 0.660. The lowest BCUT2D eigenvalue weighted by molar-refractivity contribution is -0.137. The lowest BCUT2D eigenvalue weighted by atomic mass is 9.97. The van der Waals surface area contributed by atoms with Gasteiger partial charge in [-0.05, 0) is 55.7 Å². The molecule has 0 radical (unpaired) electrons. The molecular weight excluding hydrogens is 414 g/mol. The summed E-state index contributed by atoms with van der Waals surface area (Å²) in [4.78, 5) is 11.8. The van der Waals surface area contributed by atoms with Gasteiger partial charge in [-0.25, -0.2) is 9.18 Å². The van der Waals surface area contributed by atoms with Gasteiger partial charge in [0.05, 0.1) is 23.3 Å². The summed E-state index contributed by atoms with van der Waals surface area (Å²) < 4.78 is 59.1. The molecule has 0 saturated heterocycles. The first-order chi connectivity index (χ1) is 14.3. The topological polar surface area (TPSA) is 85.9 Å². The summed E-state index contributed by atoms with van der Waals surface area (Å²) in [6.45, 7) is 4.96. The van der Waals surface area contributed by atoms with E-state index in [1.165, 1.54) is 24.3 Å². The van der Waals surface area contributed by atoms with Gasteiger partial charge in [0.2, 0.25) is 0 Å². The number of hydrogen-bond donors (Lipinski definition) is 1. The van der Waals surface area contributed by atoms with E-state index in [0.29, 0.717) is 0 Å². The summed E-state index contributed by atoms with van der Waals surface area (Å²) in [5.41, 5.74) is -2.06. The summed E-state index contributed by atoms with van der Waals surface area (Å²) in [6.07, 6.45) is -5.72. The fourth-order valence-corrected chi connectivity index (χ4v) is 2.75. The number of nitrogens with zero attached hydrogens (tertiary/aromatic N) is 2. The smallest absolute Gasteiger partial charge is 0.417 e. The molecule has 2 rings (SSSR count). The maximum absolute atomic E-state index is 14.6. The highest BCUT2D eigenvalue weighted by Gasteiger charge is 2.34. The van der Waals surface area contributed by atoms with Crippen LogP contribution in [0.3, 0.4) is 0 Å². The minimum Gasteiger partial charge on any atom is -0.444 e. The van der Waals surface area contributed by atoms with Crippen molar-refractivity contribution in [2.24, 2.45) is 0 Å². The molecule has 1 N–H and O–H groups in total. The number of rotatable bonds is 4. The number of carbonyl (C=O) groups excluding carboxylic acids is 1. The summed E-state index contributed by atoms with van der Waals surface area (Å²) in [5, 5.41) is 20.5. The Bertz CT molecular complexity index is 1060. The number of halogens is 4. The highest BCUT2D eigenvalue weighted by Crippen LogP contribution is 2.35. The van der Waals surface area contributed by atoms with Gasteiger partial charge in [-0.15, -0.1) is 0 Å². The molecule has 2 aromatic rings. The van der Waals surface area contributed by atoms with E-state index in [1.54, 1.807) is 20.8 Å². The predicted molar refractivity (Wildman–Crippen MR) is 104 cm³/mol. The largest absolute Gasteiger partial charge is 0.444 e. The van der Waals surface area contributed by atoms with Crippen LogP contribution in [0.1, 0.15) is 37.5 Å². The van der Waals surface area contributed by atoms with Gasteiger partial charge in [-0.3, -0.25) is 0 Å². The Kier molecular flexibility index (Phi) is 6.91. The van der Waals surface area contributed by atoms with Crippen LogP contribution in [0.5, 0.6) is 0 Å². The molecule has 9 heteroatoms. The van der Waals surface area contributed by atoms with Gasteiger partial charge in [0.25, 0.3) is 0 Å². The molecule has 5 nitrogen and oxygen atoms in total. The van der Waals surface area contributed by atoms with Gasteiger partial charge in [0.1, 0.15) is 17.5 Å². The molecule has 0 spiro atoms. The highest BCUT2D eigenvalue weighted by molar-refractivity contribution is 5.69. The van der Waals surface area contributed by atoms with Gasteiger partial charge in [0.15, 0.2) is 0 Å². The fourth-order valence-electron chi connectivity index (χ4n) is 2.75. The molecule has 0 aliphatic heterocycles. The number of ether oxygens (including phenoxy) is 1. The van der Waals surface area contributed by atoms with Crippen molar-refractivity contribution in [2.45, 2.75) is 45.0 Å². The zero-order chi connectivity index (χ0) is 23.4. The highest BCUT2D eigenvalue weighted by atomic mass is 19.4. The Balaban J connectivity index is 2.25. The Morgan fingerprint density at radius 3 is 2.23 bits per heavy atom. The first-order valence-electron chi connectivity index (χ1n) is 9.13. The van der Waals surface area contributed by atoms with E-state index < -0.39 is 40.9 Å². The molecular formula is C22H19F4N3O2. The second kappa shape index (κ2) is 9.05. The number of nitriles is 2. The molecule has 0 aliphatic rings. The van der Waals surface area contributed by atoms with Crippen LogP contribution in [-0.2, 0) is 17.3 Å². The molecule has 0 fully saturated rings. The van der Waals surface area contributed by atoms with Crippen molar-refractivity contribution in [2.75, 3.05) is 0 Å². The summed E-state index contributed by atoms with van der Waals surface area (Å²) in [6, 6.07) is 9.15. The number of alkyl carbamates (subject to hydrolysis) is 1. The maximum atomic E-state index is 14.6. The molecule has 0 aliphatic carbocycles. The van der Waals surface area contributed by atoms with E-state index in [2.05, 4.69) is 5.32 Å². The van der Waals surface area contributed by atoms with Crippen LogP contribution in [0.4, 0.5) is 22.4 Å². The number of carbonyl (C=O) groups is 1. The molecule has 1 atom stereocenters. The van der Waals surface area contributed by atoms with Crippen molar-refractivity contribution >= 4 is 6.09 Å². The molecule has 2 aromatic carbocycles. The molecule has 0 bridgehead atoms. The SMILES string of the molecule is CC(C)(C)OC(=O)N[C@H](C#N)Cc1ccc(-c2ccc(C#N)c(C(F)(F)F)c2)cc1F. The third-order valence-electron chi connectivity index (χ3n) is 4.10. The third kappa shape index (κ3) is 6.45. The lowest BCUT2D eigenvalue weighted by Crippen LogP contribution is -2.39. The van der Waals surface area contributed by atoms with E-state index in [0.717, 1.165) is 18.2 Å². The van der Waals surface area contributed by atoms with E-state index >= 15 is 0 Å². The van der Waals surface area contributed by atoms with Crippen molar-refractivity contribution in [1.82, 2.24) is 5.32 Å². The molecule has 31 heavy (non-hydrogen) atoms. The zero-order valence-electron chi connectivity index (χ0n) is 17.0. The molecule has 0 saturated carbocycles. The van der Waals surface area contributed by atoms with Gasteiger partial charge in [-0.1, -0.05) is 18.2 Å². The first kappa shape index (κ1) is 23.7. The van der Waals surface area contributed by atoms with Gasteiger partial charge in [0, 0.05) is 6.42 Å². The first-order valence-corrected chi connectivity index (χ1v) is 9.13. The summed E-state index contributed by atoms with van der Waals surface area (Å²) in [5.74, 6) is -0.748. The average molecular weight is 433 g/mol. The number of amides is 1. The predicted octanol–water partition coefficient (Wildman–Crippen LogP) is 5.34. The number of nitrogens with one attached hydrogen (secondary N) is 1.